The van der Waals surface area contributed by atoms with E-state index in [1.807, 2.05) is 0 Å². The summed E-state index contributed by atoms with van der Waals surface area (Å²) in [4.78, 5) is 0. The Labute approximate surface area is 46.4 Å². The van der Waals surface area contributed by atoms with Crippen molar-refractivity contribution >= 4 is 11.6 Å². The number of hydrogen-bond donors (Lipinski definition) is 1. The highest BCUT2D eigenvalue weighted by Gasteiger charge is 1.94. The second-order valence-corrected chi connectivity index (χ2v) is 1.51. The van der Waals surface area contributed by atoms with Crippen molar-refractivity contribution in [1.29, 1.82) is 0 Å². The summed E-state index contributed by atoms with van der Waals surface area (Å²) in [6.07, 6.45) is 0.337. The van der Waals surface area contributed by atoms with Crippen LogP contribution in [0.1, 0.15) is 13.3 Å². The Bertz CT molecular complexity index is 85.7. The Kier molecular flexibility index (Phi) is 2.76. The zero-order valence-corrected chi connectivity index (χ0v) is 4.67. The first-order valence-electron chi connectivity index (χ1n) is 1.91. The molecule has 0 unspecified atom stereocenters. The third-order valence-corrected chi connectivity index (χ3v) is 0.957. The average Bonchev–Trinajstić information content (AvgIpc) is 1.65. The van der Waals surface area contributed by atoms with Crippen LogP contribution in [0.2, 0.25) is 0 Å². The van der Waals surface area contributed by atoms with Gasteiger partial charge >= 0.3 is 0 Å². The van der Waals surface area contributed by atoms with Gasteiger partial charge in [0.1, 0.15) is 0 Å². The van der Waals surface area contributed by atoms with Crippen LogP contribution >= 0.6 is 11.6 Å². The highest BCUT2D eigenvalue weighted by Crippen LogP contribution is 2.10. The van der Waals surface area contributed by atoms with Gasteiger partial charge in [0.15, 0.2) is 0 Å². The summed E-state index contributed by atoms with van der Waals surface area (Å²) in [7, 11) is 0. The molecule has 0 spiro atoms. The van der Waals surface area contributed by atoms with Crippen LogP contribution in [0.5, 0.6) is 0 Å². The minimum atomic E-state index is -1.27. The summed E-state index contributed by atoms with van der Waals surface area (Å²) < 4.78 is 11.4. The van der Waals surface area contributed by atoms with E-state index in [-0.39, 0.29) is 5.03 Å². The molecule has 3 heteroatoms. The van der Waals surface area contributed by atoms with E-state index in [4.69, 9.17) is 16.7 Å². The Morgan fingerprint density at radius 1 is 1.86 bits per heavy atom. The highest BCUT2D eigenvalue weighted by molar-refractivity contribution is 6.29. The van der Waals surface area contributed by atoms with Crippen LogP contribution in [0.15, 0.2) is 11.0 Å². The minimum absolute atomic E-state index is 0.125. The maximum absolute atomic E-state index is 11.4. The fourth-order valence-corrected chi connectivity index (χ4v) is 0.146. The molecule has 7 heavy (non-hydrogen) atoms. The van der Waals surface area contributed by atoms with E-state index < -0.39 is 6.01 Å². The van der Waals surface area contributed by atoms with Crippen molar-refractivity contribution in [3.05, 3.63) is 11.0 Å². The molecule has 0 saturated heterocycles. The van der Waals surface area contributed by atoms with Crippen molar-refractivity contribution in [1.82, 2.24) is 0 Å². The van der Waals surface area contributed by atoms with Crippen molar-refractivity contribution in [3.8, 4) is 0 Å². The molecule has 0 aliphatic heterocycles. The number of hydrogen-bond acceptors (Lipinski definition) is 1. The molecule has 0 aromatic heterocycles. The number of aliphatic hydroxyl groups excluding tert-OH is 1. The molecule has 0 aromatic rings. The van der Waals surface area contributed by atoms with Gasteiger partial charge in [-0.2, -0.15) is 4.39 Å². The molecule has 0 heterocycles. The lowest BCUT2D eigenvalue weighted by atomic mass is 10.5. The Morgan fingerprint density at radius 2 is 2.29 bits per heavy atom. The molecule has 1 nitrogen and oxygen atoms in total. The molecular formula is C4H6ClFO. The van der Waals surface area contributed by atoms with Crippen molar-refractivity contribution < 1.29 is 9.50 Å². The Morgan fingerprint density at radius 3 is 2.29 bits per heavy atom. The van der Waals surface area contributed by atoms with E-state index in [1.54, 1.807) is 6.92 Å². The van der Waals surface area contributed by atoms with Crippen LogP contribution in [-0.4, -0.2) is 5.11 Å². The molecule has 0 fully saturated rings. The summed E-state index contributed by atoms with van der Waals surface area (Å²) in [5.74, 6) is 0. The predicted octanol–water partition coefficient (Wildman–Crippen LogP) is 2.33. The number of aliphatic hydroxyl groups is 1. The largest absolute Gasteiger partial charge is 0.486 e. The van der Waals surface area contributed by atoms with Gasteiger partial charge in [-0.25, -0.2) is 0 Å². The molecule has 0 aliphatic carbocycles. The molecular weight excluding hydrogens is 118 g/mol. The summed E-state index contributed by atoms with van der Waals surface area (Å²) in [5, 5.41) is 7.78. The smallest absolute Gasteiger partial charge is 0.285 e. The first-order valence-corrected chi connectivity index (χ1v) is 2.29. The molecule has 0 atom stereocenters. The third kappa shape index (κ3) is 2.45. The zero-order chi connectivity index (χ0) is 5.86. The molecule has 0 rings (SSSR count). The average molecular weight is 125 g/mol. The zero-order valence-electron chi connectivity index (χ0n) is 3.91. The first kappa shape index (κ1) is 6.76. The molecule has 0 aromatic carbocycles. The van der Waals surface area contributed by atoms with Gasteiger partial charge in [0.05, 0.1) is 5.03 Å². The predicted molar refractivity (Wildman–Crippen MR) is 26.9 cm³/mol. The van der Waals surface area contributed by atoms with E-state index in [0.717, 1.165) is 0 Å². The Hall–Kier alpha value is -0.240. The van der Waals surface area contributed by atoms with Gasteiger partial charge < -0.3 is 5.11 Å². The van der Waals surface area contributed by atoms with Crippen molar-refractivity contribution in [3.63, 3.8) is 0 Å². The SMILES string of the molecule is CC/C(Cl)=C(/O)F. The van der Waals surface area contributed by atoms with Crippen molar-refractivity contribution in [2.45, 2.75) is 13.3 Å². The maximum atomic E-state index is 11.4. The van der Waals surface area contributed by atoms with E-state index in [0.29, 0.717) is 6.42 Å². The van der Waals surface area contributed by atoms with Crippen LogP contribution in [0.4, 0.5) is 4.39 Å². The minimum Gasteiger partial charge on any atom is -0.486 e. The van der Waals surface area contributed by atoms with Crippen LogP contribution in [-0.2, 0) is 0 Å². The van der Waals surface area contributed by atoms with Crippen molar-refractivity contribution in [2.75, 3.05) is 0 Å². The normalized spacial score (nSPS) is 13.6. The molecule has 1 N–H and O–H groups in total. The fraction of sp³-hybridized carbons (Fsp3) is 0.500. The van der Waals surface area contributed by atoms with E-state index in [9.17, 15) is 4.39 Å². The molecule has 0 saturated carbocycles. The van der Waals surface area contributed by atoms with Gasteiger partial charge in [0.25, 0.3) is 6.01 Å². The van der Waals surface area contributed by atoms with Gasteiger partial charge in [0.2, 0.25) is 0 Å². The van der Waals surface area contributed by atoms with E-state index >= 15 is 0 Å². The summed E-state index contributed by atoms with van der Waals surface area (Å²) in [6.45, 7) is 1.65. The third-order valence-electron chi connectivity index (χ3n) is 0.534. The summed E-state index contributed by atoms with van der Waals surface area (Å²) >= 11 is 5.05. The maximum Gasteiger partial charge on any atom is 0.285 e. The van der Waals surface area contributed by atoms with E-state index in [1.165, 1.54) is 0 Å². The topological polar surface area (TPSA) is 20.2 Å². The number of rotatable bonds is 1. The molecule has 0 bridgehead atoms. The van der Waals surface area contributed by atoms with Crippen molar-refractivity contribution in [2.24, 2.45) is 0 Å². The fourth-order valence-electron chi connectivity index (χ4n) is 0.146. The van der Waals surface area contributed by atoms with Gasteiger partial charge in [-0.05, 0) is 6.42 Å². The molecule has 0 radical (unpaired) electrons. The van der Waals surface area contributed by atoms with E-state index in [2.05, 4.69) is 0 Å². The lowest BCUT2D eigenvalue weighted by Gasteiger charge is -1.86. The van der Waals surface area contributed by atoms with Crippen LogP contribution in [0.3, 0.4) is 0 Å². The summed E-state index contributed by atoms with van der Waals surface area (Å²) in [6, 6.07) is -1.27. The molecule has 42 valence electrons. The van der Waals surface area contributed by atoms with Gasteiger partial charge in [-0.3, -0.25) is 0 Å². The standard InChI is InChI=1S/C4H6ClFO/c1-2-3(5)4(6)7/h7H,2H2,1H3/b4-3-. The summed E-state index contributed by atoms with van der Waals surface area (Å²) in [5.41, 5.74) is 0. The Balaban J connectivity index is 3.72. The van der Waals surface area contributed by atoms with Gasteiger partial charge in [-0.15, -0.1) is 0 Å². The quantitative estimate of drug-likeness (QED) is 0.532. The number of allylic oxidation sites excluding steroid dienone is 1. The van der Waals surface area contributed by atoms with Crippen LogP contribution in [0, 0.1) is 0 Å². The second-order valence-electron chi connectivity index (χ2n) is 1.05. The molecule has 0 aliphatic rings. The first-order chi connectivity index (χ1) is 3.18. The highest BCUT2D eigenvalue weighted by atomic mass is 35.5. The lowest BCUT2D eigenvalue weighted by molar-refractivity contribution is 0.279. The van der Waals surface area contributed by atoms with Crippen LogP contribution < -0.4 is 0 Å². The van der Waals surface area contributed by atoms with Crippen LogP contribution in [0.25, 0.3) is 0 Å². The monoisotopic (exact) mass is 124 g/mol. The second kappa shape index (κ2) is 2.86. The number of halogens is 2. The van der Waals surface area contributed by atoms with Gasteiger partial charge in [0, 0.05) is 0 Å². The molecule has 0 amide bonds. The van der Waals surface area contributed by atoms with Gasteiger partial charge in [-0.1, -0.05) is 18.5 Å². The lowest BCUT2D eigenvalue weighted by Crippen LogP contribution is -1.72.